The minimum atomic E-state index is -0.363. The smallest absolute Gasteiger partial charge is 0.308 e. The molecule has 19 heavy (non-hydrogen) atoms. The molecule has 1 aromatic rings. The maximum Gasteiger partial charge on any atom is 0.308 e. The van der Waals surface area contributed by atoms with E-state index in [0.717, 1.165) is 18.4 Å². The van der Waals surface area contributed by atoms with Crippen LogP contribution in [0.15, 0.2) is 18.2 Å². The zero-order chi connectivity index (χ0) is 14.3. The van der Waals surface area contributed by atoms with Crippen LogP contribution in [0.4, 0.5) is 0 Å². The fourth-order valence-electron chi connectivity index (χ4n) is 1.93. The maximum absolute atomic E-state index is 11.0. The number of methoxy groups -OCH3 is 1. The highest BCUT2D eigenvalue weighted by Crippen LogP contribution is 2.31. The molecular weight excluding hydrogens is 242 g/mol. The Balaban J connectivity index is 2.77. The van der Waals surface area contributed by atoms with E-state index in [9.17, 15) is 4.79 Å². The highest BCUT2D eigenvalue weighted by atomic mass is 16.6. The zero-order valence-electron chi connectivity index (χ0n) is 11.9. The molecule has 0 aromatic heterocycles. The molecule has 0 spiro atoms. The Bertz CT molecular complexity index is 418. The molecule has 106 valence electrons. The highest BCUT2D eigenvalue weighted by Gasteiger charge is 2.12. The number of unbranched alkanes of at least 4 members (excludes halogenated alkanes) is 2. The van der Waals surface area contributed by atoms with E-state index in [0.29, 0.717) is 11.5 Å². The molecule has 0 saturated heterocycles. The van der Waals surface area contributed by atoms with Crippen molar-refractivity contribution in [1.82, 2.24) is 0 Å². The van der Waals surface area contributed by atoms with Crippen molar-refractivity contribution in [2.24, 2.45) is 5.73 Å². The van der Waals surface area contributed by atoms with E-state index in [1.807, 2.05) is 12.1 Å². The molecule has 0 fully saturated rings. The lowest BCUT2D eigenvalue weighted by molar-refractivity contribution is -0.132. The van der Waals surface area contributed by atoms with Crippen LogP contribution >= 0.6 is 0 Å². The van der Waals surface area contributed by atoms with Crippen LogP contribution in [0.5, 0.6) is 11.5 Å². The van der Waals surface area contributed by atoms with Crippen molar-refractivity contribution >= 4 is 5.97 Å². The van der Waals surface area contributed by atoms with Crippen LogP contribution in [0, 0.1) is 0 Å². The number of benzene rings is 1. The number of nitrogens with two attached hydrogens (primary N) is 1. The second-order valence-corrected chi connectivity index (χ2v) is 4.61. The molecule has 0 saturated carbocycles. The standard InChI is InChI=1S/C15H23NO3/c1-4-5-6-7-13(16)12-8-9-14(19-11(2)17)15(10-12)18-3/h8-10,13H,4-7,16H2,1-3H3/t13-/m1/s1. The molecule has 0 radical (unpaired) electrons. The minimum absolute atomic E-state index is 0.00757. The molecule has 0 heterocycles. The van der Waals surface area contributed by atoms with Gasteiger partial charge in [-0.25, -0.2) is 0 Å². The van der Waals surface area contributed by atoms with E-state index in [-0.39, 0.29) is 12.0 Å². The van der Waals surface area contributed by atoms with Gasteiger partial charge in [-0.15, -0.1) is 0 Å². The Morgan fingerprint density at radius 1 is 1.32 bits per heavy atom. The fraction of sp³-hybridized carbons (Fsp3) is 0.533. The van der Waals surface area contributed by atoms with Gasteiger partial charge in [0.05, 0.1) is 7.11 Å². The van der Waals surface area contributed by atoms with Crippen LogP contribution < -0.4 is 15.2 Å². The molecule has 0 amide bonds. The third kappa shape index (κ3) is 4.91. The molecule has 2 N–H and O–H groups in total. The van der Waals surface area contributed by atoms with Crippen molar-refractivity contribution in [3.05, 3.63) is 23.8 Å². The summed E-state index contributed by atoms with van der Waals surface area (Å²) in [5.74, 6) is 0.608. The maximum atomic E-state index is 11.0. The van der Waals surface area contributed by atoms with Crippen molar-refractivity contribution in [3.63, 3.8) is 0 Å². The van der Waals surface area contributed by atoms with Gasteiger partial charge in [-0.05, 0) is 24.1 Å². The molecular formula is C15H23NO3. The molecule has 0 aliphatic carbocycles. The van der Waals surface area contributed by atoms with Gasteiger partial charge in [0.25, 0.3) is 0 Å². The first-order chi connectivity index (χ1) is 9.08. The van der Waals surface area contributed by atoms with Crippen molar-refractivity contribution < 1.29 is 14.3 Å². The van der Waals surface area contributed by atoms with Gasteiger partial charge in [-0.1, -0.05) is 32.3 Å². The number of carbonyl (C=O) groups is 1. The minimum Gasteiger partial charge on any atom is -0.493 e. The fourth-order valence-corrected chi connectivity index (χ4v) is 1.93. The molecule has 1 aromatic carbocycles. The zero-order valence-corrected chi connectivity index (χ0v) is 11.9. The first kappa shape index (κ1) is 15.5. The summed E-state index contributed by atoms with van der Waals surface area (Å²) < 4.78 is 10.3. The van der Waals surface area contributed by atoms with Gasteiger partial charge in [-0.2, -0.15) is 0 Å². The number of hydrogen-bond acceptors (Lipinski definition) is 4. The van der Waals surface area contributed by atoms with Crippen molar-refractivity contribution in [2.45, 2.75) is 45.6 Å². The van der Waals surface area contributed by atoms with E-state index in [4.69, 9.17) is 15.2 Å². The number of hydrogen-bond donors (Lipinski definition) is 1. The molecule has 0 aliphatic rings. The average Bonchev–Trinajstić information content (AvgIpc) is 2.38. The van der Waals surface area contributed by atoms with E-state index in [2.05, 4.69) is 6.92 Å². The van der Waals surface area contributed by atoms with E-state index in [1.165, 1.54) is 19.8 Å². The molecule has 4 nitrogen and oxygen atoms in total. The average molecular weight is 265 g/mol. The Morgan fingerprint density at radius 3 is 2.63 bits per heavy atom. The largest absolute Gasteiger partial charge is 0.493 e. The van der Waals surface area contributed by atoms with Crippen molar-refractivity contribution in [1.29, 1.82) is 0 Å². The molecule has 0 unspecified atom stereocenters. The summed E-state index contributed by atoms with van der Waals surface area (Å²) in [5, 5.41) is 0. The van der Waals surface area contributed by atoms with E-state index in [1.54, 1.807) is 13.2 Å². The van der Waals surface area contributed by atoms with Gasteiger partial charge in [0.15, 0.2) is 11.5 Å². The monoisotopic (exact) mass is 265 g/mol. The first-order valence-electron chi connectivity index (χ1n) is 6.70. The lowest BCUT2D eigenvalue weighted by Gasteiger charge is -2.15. The van der Waals surface area contributed by atoms with Crippen LogP contribution in [0.25, 0.3) is 0 Å². The number of ether oxygens (including phenoxy) is 2. The summed E-state index contributed by atoms with van der Waals surface area (Å²) in [6, 6.07) is 5.45. The molecule has 1 rings (SSSR count). The summed E-state index contributed by atoms with van der Waals surface area (Å²) in [6.07, 6.45) is 4.44. The molecule has 0 aliphatic heterocycles. The third-order valence-corrected chi connectivity index (χ3v) is 2.99. The third-order valence-electron chi connectivity index (χ3n) is 2.99. The second kappa shape index (κ2) is 7.79. The van der Waals surface area contributed by atoms with Gasteiger partial charge in [0.1, 0.15) is 0 Å². The molecule has 4 heteroatoms. The Kier molecular flexibility index (Phi) is 6.36. The number of esters is 1. The summed E-state index contributed by atoms with van der Waals surface area (Å²) >= 11 is 0. The predicted molar refractivity (Wildman–Crippen MR) is 75.4 cm³/mol. The van der Waals surface area contributed by atoms with Crippen LogP contribution in [-0.2, 0) is 4.79 Å². The van der Waals surface area contributed by atoms with Crippen LogP contribution in [0.2, 0.25) is 0 Å². The lowest BCUT2D eigenvalue weighted by Crippen LogP contribution is -2.11. The molecule has 0 bridgehead atoms. The Morgan fingerprint density at radius 2 is 2.05 bits per heavy atom. The Labute approximate surface area is 114 Å². The predicted octanol–water partition coefficient (Wildman–Crippen LogP) is 3.20. The SMILES string of the molecule is CCCCC[C@@H](N)c1ccc(OC(C)=O)c(OC)c1. The van der Waals surface area contributed by atoms with Gasteiger partial charge in [0.2, 0.25) is 0 Å². The number of rotatable bonds is 7. The number of carbonyl (C=O) groups excluding carboxylic acids is 1. The van der Waals surface area contributed by atoms with Gasteiger partial charge in [-0.3, -0.25) is 4.79 Å². The van der Waals surface area contributed by atoms with Crippen molar-refractivity contribution in [2.75, 3.05) is 7.11 Å². The quantitative estimate of drug-likeness (QED) is 0.467. The topological polar surface area (TPSA) is 61.5 Å². The van der Waals surface area contributed by atoms with Gasteiger partial charge >= 0.3 is 5.97 Å². The van der Waals surface area contributed by atoms with Crippen LogP contribution in [0.1, 0.15) is 51.1 Å². The lowest BCUT2D eigenvalue weighted by atomic mass is 10.0. The van der Waals surface area contributed by atoms with E-state index >= 15 is 0 Å². The Hall–Kier alpha value is -1.55. The first-order valence-corrected chi connectivity index (χ1v) is 6.70. The summed E-state index contributed by atoms with van der Waals surface area (Å²) in [5.41, 5.74) is 7.15. The van der Waals surface area contributed by atoms with Gasteiger partial charge < -0.3 is 15.2 Å². The highest BCUT2D eigenvalue weighted by molar-refractivity contribution is 5.70. The van der Waals surface area contributed by atoms with Crippen molar-refractivity contribution in [3.8, 4) is 11.5 Å². The normalized spacial score (nSPS) is 12.0. The van der Waals surface area contributed by atoms with Gasteiger partial charge in [0, 0.05) is 13.0 Å². The summed E-state index contributed by atoms with van der Waals surface area (Å²) in [4.78, 5) is 11.0. The van der Waals surface area contributed by atoms with E-state index < -0.39 is 0 Å². The van der Waals surface area contributed by atoms with Crippen LogP contribution in [-0.4, -0.2) is 13.1 Å². The van der Waals surface area contributed by atoms with Crippen LogP contribution in [0.3, 0.4) is 0 Å². The summed E-state index contributed by atoms with van der Waals surface area (Å²) in [6.45, 7) is 3.53. The summed E-state index contributed by atoms with van der Waals surface area (Å²) in [7, 11) is 1.55. The second-order valence-electron chi connectivity index (χ2n) is 4.61. The molecule has 1 atom stereocenters.